The van der Waals surface area contributed by atoms with Gasteiger partial charge >= 0.3 is 0 Å². The predicted octanol–water partition coefficient (Wildman–Crippen LogP) is 4.42. The van der Waals surface area contributed by atoms with Crippen molar-refractivity contribution in [2.24, 2.45) is 0 Å². The van der Waals surface area contributed by atoms with E-state index in [1.807, 2.05) is 35.7 Å². The minimum atomic E-state index is -0.414. The molecule has 0 spiro atoms. The number of pyridine rings is 1. The maximum Gasteiger partial charge on any atom is 0.264 e. The molecule has 4 aromatic rings. The van der Waals surface area contributed by atoms with Crippen molar-refractivity contribution in [3.8, 4) is 17.1 Å². The third kappa shape index (κ3) is 4.16. The number of hydrogen-bond acceptors (Lipinski definition) is 5. The van der Waals surface area contributed by atoms with Gasteiger partial charge in [0.1, 0.15) is 11.4 Å². The van der Waals surface area contributed by atoms with E-state index in [0.717, 1.165) is 17.0 Å². The normalized spacial score (nSPS) is 10.9. The third-order valence-electron chi connectivity index (χ3n) is 4.11. The summed E-state index contributed by atoms with van der Waals surface area (Å²) in [5.74, 6) is 0.119. The summed E-state index contributed by atoms with van der Waals surface area (Å²) in [5, 5.41) is 3.44. The fraction of sp³-hybridized carbons (Fsp3) is 0.100. The van der Waals surface area contributed by atoms with Gasteiger partial charge in [-0.05, 0) is 43.3 Å². The lowest BCUT2D eigenvalue weighted by atomic mass is 10.2. The molecule has 29 heavy (non-hydrogen) atoms. The van der Waals surface area contributed by atoms with Crippen LogP contribution >= 0.6 is 23.2 Å². The van der Waals surface area contributed by atoms with Gasteiger partial charge in [0.05, 0.1) is 22.1 Å². The van der Waals surface area contributed by atoms with E-state index in [9.17, 15) is 4.79 Å². The highest BCUT2D eigenvalue weighted by molar-refractivity contribution is 6.35. The van der Waals surface area contributed by atoms with Crippen LogP contribution in [0.5, 0.6) is 5.75 Å². The standard InChI is InChI=1S/C20H15Cl2N5O2/c1-12-19(27-9-3-2-4-17(27)24-12)15-7-8-23-20(25-15)26-18(28)11-29-16-6-5-13(21)10-14(16)22/h2-10H,11H2,1H3,(H,23,25,26,28). The highest BCUT2D eigenvalue weighted by Gasteiger charge is 2.14. The number of nitrogens with one attached hydrogen (secondary N) is 1. The number of fused-ring (bicyclic) bond motifs is 1. The Hall–Kier alpha value is -3.16. The molecular weight excluding hydrogens is 413 g/mol. The van der Waals surface area contributed by atoms with Crippen LogP contribution in [0.2, 0.25) is 10.0 Å². The molecule has 3 heterocycles. The Kier molecular flexibility index (Phi) is 5.33. The molecule has 0 aliphatic rings. The van der Waals surface area contributed by atoms with Gasteiger partial charge in [-0.1, -0.05) is 29.3 Å². The summed E-state index contributed by atoms with van der Waals surface area (Å²) < 4.78 is 7.37. The Morgan fingerprint density at radius 2 is 2.03 bits per heavy atom. The molecule has 9 heteroatoms. The van der Waals surface area contributed by atoms with Gasteiger partial charge in [0.15, 0.2) is 6.61 Å². The molecule has 0 radical (unpaired) electrons. The molecule has 1 N–H and O–H groups in total. The zero-order valence-electron chi connectivity index (χ0n) is 15.3. The number of hydrogen-bond donors (Lipinski definition) is 1. The van der Waals surface area contributed by atoms with Crippen LogP contribution in [0.15, 0.2) is 54.9 Å². The minimum Gasteiger partial charge on any atom is -0.482 e. The number of ether oxygens (including phenoxy) is 1. The Balaban J connectivity index is 1.50. The molecule has 146 valence electrons. The van der Waals surface area contributed by atoms with Crippen molar-refractivity contribution in [1.29, 1.82) is 0 Å². The van der Waals surface area contributed by atoms with Crippen molar-refractivity contribution in [2.45, 2.75) is 6.92 Å². The lowest BCUT2D eigenvalue weighted by Gasteiger charge is -2.09. The number of carbonyl (C=O) groups is 1. The summed E-state index contributed by atoms with van der Waals surface area (Å²) in [6.45, 7) is 1.66. The van der Waals surface area contributed by atoms with Crippen LogP contribution in [0.3, 0.4) is 0 Å². The molecule has 0 saturated heterocycles. The van der Waals surface area contributed by atoms with Crippen molar-refractivity contribution in [3.05, 3.63) is 70.6 Å². The lowest BCUT2D eigenvalue weighted by Crippen LogP contribution is -2.21. The summed E-state index contributed by atoms with van der Waals surface area (Å²) in [7, 11) is 0. The molecule has 0 aliphatic carbocycles. The first kappa shape index (κ1) is 19.2. The second kappa shape index (κ2) is 8.06. The number of anilines is 1. The van der Waals surface area contributed by atoms with Crippen LogP contribution in [-0.2, 0) is 4.79 Å². The first-order valence-electron chi connectivity index (χ1n) is 8.66. The quantitative estimate of drug-likeness (QED) is 0.509. The van der Waals surface area contributed by atoms with Gasteiger partial charge in [-0.3, -0.25) is 14.5 Å². The SMILES string of the molecule is Cc1nc2ccccn2c1-c1ccnc(NC(=O)COc2ccc(Cl)cc2Cl)n1. The van der Waals surface area contributed by atoms with E-state index in [2.05, 4.69) is 20.3 Å². The maximum atomic E-state index is 12.2. The van der Waals surface area contributed by atoms with Gasteiger partial charge in [-0.15, -0.1) is 0 Å². The van der Waals surface area contributed by atoms with Crippen molar-refractivity contribution in [3.63, 3.8) is 0 Å². The van der Waals surface area contributed by atoms with Crippen LogP contribution in [0.1, 0.15) is 5.69 Å². The molecule has 0 aliphatic heterocycles. The molecule has 0 bridgehead atoms. The van der Waals surface area contributed by atoms with Crippen LogP contribution in [0.4, 0.5) is 5.95 Å². The second-order valence-corrected chi connectivity index (χ2v) is 7.00. The average Bonchev–Trinajstić information content (AvgIpc) is 3.03. The molecule has 0 fully saturated rings. The van der Waals surface area contributed by atoms with Crippen molar-refractivity contribution in [1.82, 2.24) is 19.4 Å². The molecule has 7 nitrogen and oxygen atoms in total. The number of benzene rings is 1. The average molecular weight is 428 g/mol. The van der Waals surface area contributed by atoms with Crippen LogP contribution in [0.25, 0.3) is 17.0 Å². The lowest BCUT2D eigenvalue weighted by molar-refractivity contribution is -0.118. The zero-order valence-corrected chi connectivity index (χ0v) is 16.8. The Morgan fingerprint density at radius 3 is 2.86 bits per heavy atom. The number of imidazole rings is 1. The number of nitrogens with zero attached hydrogens (tertiary/aromatic N) is 4. The van der Waals surface area contributed by atoms with Crippen molar-refractivity contribution in [2.75, 3.05) is 11.9 Å². The predicted molar refractivity (Wildman–Crippen MR) is 112 cm³/mol. The van der Waals surface area contributed by atoms with E-state index in [-0.39, 0.29) is 12.6 Å². The summed E-state index contributed by atoms with van der Waals surface area (Å²) in [4.78, 5) is 25.3. The molecule has 4 rings (SSSR count). The molecular formula is C20H15Cl2N5O2. The van der Waals surface area contributed by atoms with Gasteiger partial charge in [0.2, 0.25) is 5.95 Å². The van der Waals surface area contributed by atoms with Gasteiger partial charge in [-0.2, -0.15) is 0 Å². The number of aryl methyl sites for hydroxylation is 1. The topological polar surface area (TPSA) is 81.4 Å². The Labute approximate surface area is 176 Å². The molecule has 3 aromatic heterocycles. The first-order chi connectivity index (χ1) is 14.0. The first-order valence-corrected chi connectivity index (χ1v) is 9.41. The van der Waals surface area contributed by atoms with Gasteiger partial charge < -0.3 is 4.74 Å². The molecule has 1 amide bonds. The van der Waals surface area contributed by atoms with Gasteiger partial charge in [0, 0.05) is 17.4 Å². The fourth-order valence-electron chi connectivity index (χ4n) is 2.87. The molecule has 0 saturated carbocycles. The van der Waals surface area contributed by atoms with E-state index >= 15 is 0 Å². The smallest absolute Gasteiger partial charge is 0.264 e. The summed E-state index contributed by atoms with van der Waals surface area (Å²) in [6.07, 6.45) is 3.49. The van der Waals surface area contributed by atoms with Crippen molar-refractivity contribution >= 4 is 40.7 Å². The maximum absolute atomic E-state index is 12.2. The van der Waals surface area contributed by atoms with Crippen LogP contribution < -0.4 is 10.1 Å². The Bertz CT molecular complexity index is 1210. The highest BCUT2D eigenvalue weighted by atomic mass is 35.5. The van der Waals surface area contributed by atoms with E-state index < -0.39 is 5.91 Å². The van der Waals surface area contributed by atoms with E-state index in [1.54, 1.807) is 30.5 Å². The number of amides is 1. The molecule has 0 atom stereocenters. The largest absolute Gasteiger partial charge is 0.482 e. The van der Waals surface area contributed by atoms with E-state index in [0.29, 0.717) is 21.5 Å². The van der Waals surface area contributed by atoms with Crippen molar-refractivity contribution < 1.29 is 9.53 Å². The fourth-order valence-corrected chi connectivity index (χ4v) is 3.33. The van der Waals surface area contributed by atoms with E-state index in [1.165, 1.54) is 0 Å². The summed E-state index contributed by atoms with van der Waals surface area (Å²) >= 11 is 11.9. The second-order valence-electron chi connectivity index (χ2n) is 6.15. The summed E-state index contributed by atoms with van der Waals surface area (Å²) in [5.41, 5.74) is 3.13. The zero-order chi connectivity index (χ0) is 20.4. The number of aromatic nitrogens is 4. The number of carbonyl (C=O) groups excluding carboxylic acids is 1. The van der Waals surface area contributed by atoms with Crippen LogP contribution in [0, 0.1) is 6.92 Å². The number of rotatable bonds is 5. The molecule has 1 aromatic carbocycles. The monoisotopic (exact) mass is 427 g/mol. The highest BCUT2D eigenvalue weighted by Crippen LogP contribution is 2.27. The minimum absolute atomic E-state index is 0.170. The molecule has 0 unspecified atom stereocenters. The van der Waals surface area contributed by atoms with Gasteiger partial charge in [-0.25, -0.2) is 15.0 Å². The number of halogens is 2. The Morgan fingerprint density at radius 1 is 1.17 bits per heavy atom. The van der Waals surface area contributed by atoms with Gasteiger partial charge in [0.25, 0.3) is 5.91 Å². The van der Waals surface area contributed by atoms with E-state index in [4.69, 9.17) is 27.9 Å². The summed E-state index contributed by atoms with van der Waals surface area (Å²) in [6, 6.07) is 12.3. The third-order valence-corrected chi connectivity index (χ3v) is 4.64. The van der Waals surface area contributed by atoms with Crippen LogP contribution in [-0.4, -0.2) is 31.9 Å².